The zero-order chi connectivity index (χ0) is 9.59. The van der Waals surface area contributed by atoms with Gasteiger partial charge in [0.25, 0.3) is 0 Å². The van der Waals surface area contributed by atoms with Crippen LogP contribution in [0.4, 0.5) is 0 Å². The van der Waals surface area contributed by atoms with Gasteiger partial charge in [0.05, 0.1) is 16.9 Å². The maximum atomic E-state index is 11.1. The number of nitrogens with one attached hydrogen (secondary N) is 1. The van der Waals surface area contributed by atoms with E-state index in [1.807, 2.05) is 0 Å². The lowest BCUT2D eigenvalue weighted by Gasteiger charge is -1.96. The molecule has 13 heavy (non-hydrogen) atoms. The molecule has 2 bridgehead atoms. The molecule has 5 nitrogen and oxygen atoms in total. The van der Waals surface area contributed by atoms with Crippen molar-refractivity contribution in [3.05, 3.63) is 10.5 Å². The van der Waals surface area contributed by atoms with Crippen LogP contribution in [0.25, 0.3) is 0 Å². The van der Waals surface area contributed by atoms with Crippen LogP contribution >= 0.6 is 11.8 Å². The highest BCUT2D eigenvalue weighted by molar-refractivity contribution is 8.18. The van der Waals surface area contributed by atoms with Gasteiger partial charge >= 0.3 is 17.7 Å². The van der Waals surface area contributed by atoms with Crippen molar-refractivity contribution >= 4 is 34.5 Å². The molecular weight excluding hydrogens is 194 g/mol. The lowest BCUT2D eigenvalue weighted by atomic mass is 10.1. The number of carboxylic acid groups (broad SMARTS) is 1. The number of carbonyl (C=O) groups excluding carboxylic acids is 2. The van der Waals surface area contributed by atoms with Gasteiger partial charge in [0.2, 0.25) is 5.04 Å². The number of ketones is 1. The zero-order valence-corrected chi connectivity index (χ0v) is 7.10. The molecule has 0 radical (unpaired) electrons. The van der Waals surface area contributed by atoms with Crippen molar-refractivity contribution < 1.29 is 24.5 Å². The molecule has 2 N–H and O–H groups in total. The van der Waals surface area contributed by atoms with Crippen molar-refractivity contribution in [1.82, 2.24) is 0 Å². The third-order valence-corrected chi connectivity index (χ3v) is 2.89. The number of aliphatic carboxylic acids is 1. The van der Waals surface area contributed by atoms with Crippen LogP contribution in [0.2, 0.25) is 0 Å². The van der Waals surface area contributed by atoms with Crippen molar-refractivity contribution in [1.29, 1.82) is 0 Å². The summed E-state index contributed by atoms with van der Waals surface area (Å²) in [5.74, 6) is -2.62. The summed E-state index contributed by atoms with van der Waals surface area (Å²) >= 11 is 1.03. The molecule has 6 heteroatoms. The summed E-state index contributed by atoms with van der Waals surface area (Å²) in [5, 5.41) is 9.21. The predicted octanol–water partition coefficient (Wildman–Crippen LogP) is -1.95. The standard InChI is InChI=1S/C7H3NO4S/c9-4-5-2(7(11)12)1-3(13-5)8-6(4)10/h1H2,(H,11,12)/p+1. The molecule has 0 unspecified atom stereocenters. The number of rotatable bonds is 1. The highest BCUT2D eigenvalue weighted by atomic mass is 32.2. The zero-order valence-electron chi connectivity index (χ0n) is 6.29. The summed E-state index contributed by atoms with van der Waals surface area (Å²) in [6.45, 7) is 0. The molecule has 2 aliphatic heterocycles. The second kappa shape index (κ2) is 2.53. The van der Waals surface area contributed by atoms with Gasteiger partial charge in [-0.2, -0.15) is 4.99 Å². The Balaban J connectivity index is 2.56. The van der Waals surface area contributed by atoms with Crippen LogP contribution in [0.3, 0.4) is 0 Å². The van der Waals surface area contributed by atoms with E-state index in [1.54, 1.807) is 0 Å². The molecule has 2 aliphatic rings. The molecule has 0 atom stereocenters. The summed E-state index contributed by atoms with van der Waals surface area (Å²) in [4.78, 5) is 35.0. The quantitative estimate of drug-likeness (QED) is 0.478. The number of carboxylic acids is 1. The number of hydrogen-bond donors (Lipinski definition) is 2. The molecule has 0 spiro atoms. The summed E-state index contributed by atoms with van der Waals surface area (Å²) in [6.07, 6.45) is 0.146. The number of Topliss-reactive ketones (excluding diaryl/α,β-unsaturated/α-hetero) is 1. The van der Waals surface area contributed by atoms with Crippen LogP contribution in [-0.2, 0) is 14.4 Å². The average Bonchev–Trinajstić information content (AvgIpc) is 2.41. The summed E-state index contributed by atoms with van der Waals surface area (Å²) < 4.78 is 0. The SMILES string of the molecule is O=C(O)C1=C2SC(=[NH+]C(=O)C2=O)C1. The third-order valence-electron chi connectivity index (χ3n) is 1.76. The molecule has 1 amide bonds. The Bertz CT molecular complexity index is 407. The maximum absolute atomic E-state index is 11.1. The maximum Gasteiger partial charge on any atom is 0.459 e. The van der Waals surface area contributed by atoms with Gasteiger partial charge in [-0.15, -0.1) is 0 Å². The van der Waals surface area contributed by atoms with E-state index < -0.39 is 17.7 Å². The third kappa shape index (κ3) is 1.10. The van der Waals surface area contributed by atoms with E-state index in [-0.39, 0.29) is 16.9 Å². The molecule has 0 aromatic heterocycles. The Morgan fingerprint density at radius 2 is 2.15 bits per heavy atom. The normalized spacial score (nSPS) is 20.8. The van der Waals surface area contributed by atoms with Gasteiger partial charge < -0.3 is 5.11 Å². The van der Waals surface area contributed by atoms with Crippen molar-refractivity contribution in [3.8, 4) is 0 Å². The van der Waals surface area contributed by atoms with E-state index in [0.717, 1.165) is 11.8 Å². The minimum Gasteiger partial charge on any atom is -0.478 e. The largest absolute Gasteiger partial charge is 0.478 e. The number of amides is 1. The number of hydrogen-bond acceptors (Lipinski definition) is 4. The molecule has 0 aromatic carbocycles. The van der Waals surface area contributed by atoms with Crippen LogP contribution in [0.15, 0.2) is 10.5 Å². The number of fused-ring (bicyclic) bond motifs is 2. The van der Waals surface area contributed by atoms with Gasteiger partial charge in [-0.25, -0.2) is 9.59 Å². The molecular formula is C7H4NO4S+. The minimum atomic E-state index is -1.14. The Morgan fingerprint density at radius 1 is 1.46 bits per heavy atom. The van der Waals surface area contributed by atoms with Crippen LogP contribution < -0.4 is 4.99 Å². The molecule has 2 heterocycles. The molecule has 0 aromatic rings. The molecule has 0 fully saturated rings. The Kier molecular flexibility index (Phi) is 1.59. The van der Waals surface area contributed by atoms with Gasteiger partial charge in [0.15, 0.2) is 0 Å². The fourth-order valence-electron chi connectivity index (χ4n) is 1.17. The fraction of sp³-hybridized carbons (Fsp3) is 0.143. The Labute approximate surface area is 76.5 Å². The van der Waals surface area contributed by atoms with Crippen molar-refractivity contribution in [2.45, 2.75) is 6.42 Å². The first-order valence-corrected chi connectivity index (χ1v) is 4.27. The highest BCUT2D eigenvalue weighted by Gasteiger charge is 2.43. The molecule has 0 saturated carbocycles. The summed E-state index contributed by atoms with van der Waals surface area (Å²) in [6, 6.07) is 0. The van der Waals surface area contributed by atoms with E-state index in [2.05, 4.69) is 4.99 Å². The smallest absolute Gasteiger partial charge is 0.459 e. The van der Waals surface area contributed by atoms with Crippen molar-refractivity contribution in [2.24, 2.45) is 0 Å². The van der Waals surface area contributed by atoms with Crippen LogP contribution in [0.5, 0.6) is 0 Å². The van der Waals surface area contributed by atoms with E-state index in [1.165, 1.54) is 0 Å². The van der Waals surface area contributed by atoms with Gasteiger partial charge in [-0.05, 0) is 11.8 Å². The van der Waals surface area contributed by atoms with Gasteiger partial charge in [-0.1, -0.05) is 0 Å². The van der Waals surface area contributed by atoms with E-state index in [0.29, 0.717) is 5.04 Å². The monoisotopic (exact) mass is 198 g/mol. The van der Waals surface area contributed by atoms with E-state index in [9.17, 15) is 14.4 Å². The fourth-order valence-corrected chi connectivity index (χ4v) is 2.25. The Hall–Kier alpha value is -1.43. The van der Waals surface area contributed by atoms with Gasteiger partial charge in [0, 0.05) is 0 Å². The topological polar surface area (TPSA) is 85.4 Å². The Morgan fingerprint density at radius 3 is 2.77 bits per heavy atom. The van der Waals surface area contributed by atoms with E-state index >= 15 is 0 Å². The first-order chi connectivity index (χ1) is 6.09. The van der Waals surface area contributed by atoms with Crippen molar-refractivity contribution in [2.75, 3.05) is 0 Å². The van der Waals surface area contributed by atoms with Crippen molar-refractivity contribution in [3.63, 3.8) is 0 Å². The lowest BCUT2D eigenvalue weighted by molar-refractivity contribution is -0.369. The number of carbonyl (C=O) groups is 3. The van der Waals surface area contributed by atoms with E-state index in [4.69, 9.17) is 5.11 Å². The molecule has 66 valence electrons. The molecule has 0 aliphatic carbocycles. The summed E-state index contributed by atoms with van der Waals surface area (Å²) in [5.41, 5.74) is 0.0170. The van der Waals surface area contributed by atoms with Crippen LogP contribution in [-0.4, -0.2) is 27.8 Å². The van der Waals surface area contributed by atoms with Gasteiger partial charge in [0.1, 0.15) is 0 Å². The summed E-state index contributed by atoms with van der Waals surface area (Å²) in [7, 11) is 0. The predicted molar refractivity (Wildman–Crippen MR) is 42.9 cm³/mol. The van der Waals surface area contributed by atoms with Crippen LogP contribution in [0.1, 0.15) is 6.42 Å². The molecule has 2 rings (SSSR count). The second-order valence-electron chi connectivity index (χ2n) is 2.60. The first-order valence-electron chi connectivity index (χ1n) is 3.45. The first kappa shape index (κ1) is 8.18. The second-order valence-corrected chi connectivity index (χ2v) is 3.70. The van der Waals surface area contributed by atoms with Gasteiger partial charge in [-0.3, -0.25) is 4.79 Å². The minimum absolute atomic E-state index is 0.0170. The lowest BCUT2D eigenvalue weighted by Crippen LogP contribution is -2.79. The average molecular weight is 198 g/mol. The highest BCUT2D eigenvalue weighted by Crippen LogP contribution is 2.33. The van der Waals surface area contributed by atoms with Crippen LogP contribution in [0, 0.1) is 0 Å². The molecule has 0 saturated heterocycles. The number of thioether (sulfide) groups is 1.